The normalized spacial score (nSPS) is 12.5. The molecule has 0 aromatic heterocycles. The summed E-state index contributed by atoms with van der Waals surface area (Å²) in [5, 5.41) is 0.763. The zero-order chi connectivity index (χ0) is 11.3. The lowest BCUT2D eigenvalue weighted by molar-refractivity contribution is 0.238. The second-order valence-corrected chi connectivity index (χ2v) is 3.94. The fraction of sp³-hybridized carbons (Fsp3) is 0.455. The average Bonchev–Trinajstić information content (AvgIpc) is 2.23. The molecule has 0 aliphatic rings. The van der Waals surface area contributed by atoms with Gasteiger partial charge in [-0.2, -0.15) is 0 Å². The average molecular weight is 279 g/mol. The maximum atomic E-state index is 13.1. The molecule has 1 rings (SSSR count). The number of hydrogen-bond acceptors (Lipinski definition) is 1. The van der Waals surface area contributed by atoms with Crippen LogP contribution in [0.4, 0.5) is 8.78 Å². The summed E-state index contributed by atoms with van der Waals surface area (Å²) in [6, 6.07) is 3.69. The van der Waals surface area contributed by atoms with E-state index in [9.17, 15) is 8.78 Å². The molecule has 15 heavy (non-hydrogen) atoms. The van der Waals surface area contributed by atoms with Gasteiger partial charge in [-0.05, 0) is 18.6 Å². The Kier molecular flexibility index (Phi) is 5.02. The standard InChI is InChI=1S/C11H13BrF2O/c1-2-8(6-12)7-15-11-9(13)4-3-5-10(11)14/h3-5,8H,2,6-7H2,1H3. The number of ether oxygens (including phenoxy) is 1. The van der Waals surface area contributed by atoms with Gasteiger partial charge in [0.2, 0.25) is 0 Å². The maximum Gasteiger partial charge on any atom is 0.190 e. The van der Waals surface area contributed by atoms with E-state index in [4.69, 9.17) is 4.74 Å². The van der Waals surface area contributed by atoms with Crippen molar-refractivity contribution in [3.05, 3.63) is 29.8 Å². The predicted molar refractivity (Wildman–Crippen MR) is 59.4 cm³/mol. The number of halogens is 3. The Bertz CT molecular complexity index is 293. The summed E-state index contributed by atoms with van der Waals surface area (Å²) in [6.07, 6.45) is 0.904. The van der Waals surface area contributed by atoms with Crippen molar-refractivity contribution >= 4 is 15.9 Å². The van der Waals surface area contributed by atoms with Gasteiger partial charge in [-0.25, -0.2) is 8.78 Å². The molecule has 1 atom stereocenters. The molecule has 1 aromatic carbocycles. The van der Waals surface area contributed by atoms with Crippen LogP contribution in [0.15, 0.2) is 18.2 Å². The highest BCUT2D eigenvalue weighted by Crippen LogP contribution is 2.22. The van der Waals surface area contributed by atoms with Crippen molar-refractivity contribution in [2.45, 2.75) is 13.3 Å². The highest BCUT2D eigenvalue weighted by molar-refractivity contribution is 9.09. The molecule has 1 nitrogen and oxygen atoms in total. The smallest absolute Gasteiger partial charge is 0.190 e. The van der Waals surface area contributed by atoms with E-state index in [1.54, 1.807) is 0 Å². The SMILES string of the molecule is CCC(CBr)COc1c(F)cccc1F. The van der Waals surface area contributed by atoms with Gasteiger partial charge < -0.3 is 4.74 Å². The predicted octanol–water partition coefficient (Wildman–Crippen LogP) is 3.76. The Morgan fingerprint density at radius 2 is 1.93 bits per heavy atom. The van der Waals surface area contributed by atoms with E-state index in [0.29, 0.717) is 6.61 Å². The second kappa shape index (κ2) is 6.05. The van der Waals surface area contributed by atoms with E-state index in [1.807, 2.05) is 6.92 Å². The van der Waals surface area contributed by atoms with Crippen LogP contribution < -0.4 is 4.74 Å². The number of rotatable bonds is 5. The van der Waals surface area contributed by atoms with Crippen LogP contribution in [0.3, 0.4) is 0 Å². The topological polar surface area (TPSA) is 9.23 Å². The highest BCUT2D eigenvalue weighted by Gasteiger charge is 2.12. The molecule has 0 amide bonds. The molecule has 0 spiro atoms. The van der Waals surface area contributed by atoms with E-state index >= 15 is 0 Å². The van der Waals surface area contributed by atoms with Crippen molar-refractivity contribution in [1.29, 1.82) is 0 Å². The third-order valence-corrected chi connectivity index (χ3v) is 3.09. The lowest BCUT2D eigenvalue weighted by Crippen LogP contribution is -2.13. The van der Waals surface area contributed by atoms with Crippen LogP contribution in [0.25, 0.3) is 0 Å². The Hall–Kier alpha value is -0.640. The number of hydrogen-bond donors (Lipinski definition) is 0. The molecule has 84 valence electrons. The van der Waals surface area contributed by atoms with E-state index in [1.165, 1.54) is 18.2 Å². The van der Waals surface area contributed by atoms with E-state index < -0.39 is 11.6 Å². The van der Waals surface area contributed by atoms with Crippen LogP contribution >= 0.6 is 15.9 Å². The molecule has 0 saturated heterocycles. The minimum absolute atomic E-state index is 0.268. The second-order valence-electron chi connectivity index (χ2n) is 3.29. The summed E-state index contributed by atoms with van der Waals surface area (Å²) >= 11 is 3.32. The first kappa shape index (κ1) is 12.4. The molecule has 1 aromatic rings. The van der Waals surface area contributed by atoms with E-state index in [-0.39, 0.29) is 11.7 Å². The van der Waals surface area contributed by atoms with Crippen LogP contribution in [0, 0.1) is 17.6 Å². The molecule has 0 N–H and O–H groups in total. The van der Waals surface area contributed by atoms with Gasteiger partial charge in [-0.3, -0.25) is 0 Å². The van der Waals surface area contributed by atoms with Crippen molar-refractivity contribution in [2.24, 2.45) is 5.92 Å². The fourth-order valence-corrected chi connectivity index (χ4v) is 1.74. The Labute approximate surface area is 96.6 Å². The Morgan fingerprint density at radius 3 is 2.40 bits per heavy atom. The highest BCUT2D eigenvalue weighted by atomic mass is 79.9. The zero-order valence-electron chi connectivity index (χ0n) is 8.47. The first-order chi connectivity index (χ1) is 7.19. The third kappa shape index (κ3) is 3.45. The van der Waals surface area contributed by atoms with Gasteiger partial charge in [-0.15, -0.1) is 0 Å². The minimum Gasteiger partial charge on any atom is -0.487 e. The van der Waals surface area contributed by atoms with Crippen LogP contribution in [0.1, 0.15) is 13.3 Å². The summed E-state index contributed by atoms with van der Waals surface area (Å²) in [6.45, 7) is 2.33. The van der Waals surface area contributed by atoms with Crippen molar-refractivity contribution in [3.8, 4) is 5.75 Å². The summed E-state index contributed by atoms with van der Waals surface area (Å²) in [4.78, 5) is 0. The zero-order valence-corrected chi connectivity index (χ0v) is 10.1. The van der Waals surface area contributed by atoms with Gasteiger partial charge in [-0.1, -0.05) is 28.9 Å². The molecule has 0 bridgehead atoms. The number of benzene rings is 1. The van der Waals surface area contributed by atoms with Crippen molar-refractivity contribution < 1.29 is 13.5 Å². The molecular weight excluding hydrogens is 266 g/mol. The molecule has 4 heteroatoms. The van der Waals surface area contributed by atoms with Crippen molar-refractivity contribution in [3.63, 3.8) is 0 Å². The summed E-state index contributed by atoms with van der Waals surface area (Å²) in [5.41, 5.74) is 0. The fourth-order valence-electron chi connectivity index (χ4n) is 1.09. The lowest BCUT2D eigenvalue weighted by atomic mass is 10.1. The molecule has 0 radical (unpaired) electrons. The van der Waals surface area contributed by atoms with Gasteiger partial charge in [0, 0.05) is 11.2 Å². The minimum atomic E-state index is -0.653. The summed E-state index contributed by atoms with van der Waals surface area (Å²) < 4.78 is 31.4. The van der Waals surface area contributed by atoms with Gasteiger partial charge in [0.05, 0.1) is 6.61 Å². The summed E-state index contributed by atoms with van der Waals surface area (Å²) in [7, 11) is 0. The summed E-state index contributed by atoms with van der Waals surface area (Å²) in [5.74, 6) is -1.32. The first-order valence-electron chi connectivity index (χ1n) is 4.81. The molecular formula is C11H13BrF2O. The Balaban J connectivity index is 2.64. The van der Waals surface area contributed by atoms with Gasteiger partial charge in [0.15, 0.2) is 17.4 Å². The number of para-hydroxylation sites is 1. The van der Waals surface area contributed by atoms with Gasteiger partial charge >= 0.3 is 0 Å². The first-order valence-corrected chi connectivity index (χ1v) is 5.94. The number of alkyl halides is 1. The quantitative estimate of drug-likeness (QED) is 0.745. The monoisotopic (exact) mass is 278 g/mol. The van der Waals surface area contributed by atoms with Crippen LogP contribution in [0.2, 0.25) is 0 Å². The lowest BCUT2D eigenvalue weighted by Gasteiger charge is -2.13. The molecule has 0 fully saturated rings. The van der Waals surface area contributed by atoms with Crippen LogP contribution in [0.5, 0.6) is 5.75 Å². The van der Waals surface area contributed by atoms with Crippen molar-refractivity contribution in [2.75, 3.05) is 11.9 Å². The van der Waals surface area contributed by atoms with Crippen LogP contribution in [-0.4, -0.2) is 11.9 Å². The molecule has 0 aliphatic carbocycles. The largest absolute Gasteiger partial charge is 0.487 e. The van der Waals surface area contributed by atoms with Crippen molar-refractivity contribution in [1.82, 2.24) is 0 Å². The molecule has 0 saturated carbocycles. The molecule has 0 aliphatic heterocycles. The maximum absolute atomic E-state index is 13.1. The van der Waals surface area contributed by atoms with Crippen LogP contribution in [-0.2, 0) is 0 Å². The van der Waals surface area contributed by atoms with E-state index in [2.05, 4.69) is 15.9 Å². The van der Waals surface area contributed by atoms with Gasteiger partial charge in [0.1, 0.15) is 0 Å². The third-order valence-electron chi connectivity index (χ3n) is 2.18. The Morgan fingerprint density at radius 1 is 1.33 bits per heavy atom. The molecule has 0 heterocycles. The molecule has 1 unspecified atom stereocenters. The van der Waals surface area contributed by atoms with Gasteiger partial charge in [0.25, 0.3) is 0 Å². The van der Waals surface area contributed by atoms with E-state index in [0.717, 1.165) is 11.8 Å².